The van der Waals surface area contributed by atoms with Crippen molar-refractivity contribution >= 4 is 37.5 Å². The molecule has 0 bridgehead atoms. The second kappa shape index (κ2) is 6.11. The Morgan fingerprint density at radius 3 is 2.32 bits per heavy atom. The number of halogens is 1. The molecular formula is C14H13BrO2S2. The van der Waals surface area contributed by atoms with Gasteiger partial charge in [-0.3, -0.25) is 0 Å². The molecule has 0 heterocycles. The minimum atomic E-state index is -3.17. The SMILES string of the molecule is CS(=O)(=O)c1ccccc1SCc1ccc(Br)cc1. The fourth-order valence-corrected chi connectivity index (χ4v) is 4.17. The summed E-state index contributed by atoms with van der Waals surface area (Å²) in [5.74, 6) is 0.750. The summed E-state index contributed by atoms with van der Waals surface area (Å²) >= 11 is 4.93. The number of hydrogen-bond acceptors (Lipinski definition) is 3. The van der Waals surface area contributed by atoms with Crippen LogP contribution < -0.4 is 0 Å². The van der Waals surface area contributed by atoms with Gasteiger partial charge in [0.2, 0.25) is 0 Å². The summed E-state index contributed by atoms with van der Waals surface area (Å²) in [6, 6.07) is 15.1. The van der Waals surface area contributed by atoms with Crippen molar-refractivity contribution in [3.05, 3.63) is 58.6 Å². The van der Waals surface area contributed by atoms with Crippen LogP contribution >= 0.6 is 27.7 Å². The van der Waals surface area contributed by atoms with Gasteiger partial charge in [-0.2, -0.15) is 0 Å². The van der Waals surface area contributed by atoms with Crippen LogP contribution in [-0.2, 0) is 15.6 Å². The van der Waals surface area contributed by atoms with Crippen molar-refractivity contribution < 1.29 is 8.42 Å². The highest BCUT2D eigenvalue weighted by Crippen LogP contribution is 2.29. The lowest BCUT2D eigenvalue weighted by Crippen LogP contribution is -1.99. The molecule has 0 atom stereocenters. The predicted molar refractivity (Wildman–Crippen MR) is 83.3 cm³/mol. The van der Waals surface area contributed by atoms with Gasteiger partial charge < -0.3 is 0 Å². The number of sulfone groups is 1. The Hall–Kier alpha value is -0.780. The molecule has 0 aromatic heterocycles. The molecule has 0 saturated heterocycles. The van der Waals surface area contributed by atoms with Crippen LogP contribution in [0.1, 0.15) is 5.56 Å². The molecule has 0 saturated carbocycles. The van der Waals surface area contributed by atoms with Crippen LogP contribution in [0.4, 0.5) is 0 Å². The zero-order valence-corrected chi connectivity index (χ0v) is 13.6. The van der Waals surface area contributed by atoms with E-state index >= 15 is 0 Å². The second-order valence-corrected chi connectivity index (χ2v) is 8.05. The highest BCUT2D eigenvalue weighted by atomic mass is 79.9. The van der Waals surface area contributed by atoms with Gasteiger partial charge in [-0.05, 0) is 29.8 Å². The minimum absolute atomic E-state index is 0.400. The summed E-state index contributed by atoms with van der Waals surface area (Å²) in [5.41, 5.74) is 1.16. The van der Waals surface area contributed by atoms with E-state index in [9.17, 15) is 8.42 Å². The van der Waals surface area contributed by atoms with Gasteiger partial charge in [-0.15, -0.1) is 11.8 Å². The number of thioether (sulfide) groups is 1. The second-order valence-electron chi connectivity index (χ2n) is 4.13. The van der Waals surface area contributed by atoms with Crippen LogP contribution in [0.5, 0.6) is 0 Å². The van der Waals surface area contributed by atoms with Crippen molar-refractivity contribution in [1.29, 1.82) is 0 Å². The highest BCUT2D eigenvalue weighted by Gasteiger charge is 2.12. The van der Waals surface area contributed by atoms with E-state index in [1.54, 1.807) is 12.1 Å². The molecule has 2 nitrogen and oxygen atoms in total. The largest absolute Gasteiger partial charge is 0.224 e. The molecule has 0 amide bonds. The lowest BCUT2D eigenvalue weighted by molar-refractivity contribution is 0.600. The molecule has 5 heteroatoms. The standard InChI is InChI=1S/C14H13BrO2S2/c1-19(16,17)14-5-3-2-4-13(14)18-10-11-6-8-12(15)9-7-11/h2-9H,10H2,1H3. The number of rotatable bonds is 4. The third-order valence-corrected chi connectivity index (χ3v) is 5.51. The van der Waals surface area contributed by atoms with Crippen LogP contribution in [0.25, 0.3) is 0 Å². The topological polar surface area (TPSA) is 34.1 Å². The quantitative estimate of drug-likeness (QED) is 0.771. The maximum absolute atomic E-state index is 11.7. The maximum atomic E-state index is 11.7. The zero-order chi connectivity index (χ0) is 13.9. The summed E-state index contributed by atoms with van der Waals surface area (Å²) in [4.78, 5) is 1.20. The third-order valence-electron chi connectivity index (χ3n) is 2.56. The zero-order valence-electron chi connectivity index (χ0n) is 10.3. The number of benzene rings is 2. The monoisotopic (exact) mass is 356 g/mol. The minimum Gasteiger partial charge on any atom is -0.224 e. The first-order valence-corrected chi connectivity index (χ1v) is 9.30. The van der Waals surface area contributed by atoms with Gasteiger partial charge in [0.05, 0.1) is 4.90 Å². The fourth-order valence-electron chi connectivity index (χ4n) is 1.62. The molecule has 100 valence electrons. The van der Waals surface area contributed by atoms with Crippen molar-refractivity contribution in [3.63, 3.8) is 0 Å². The lowest BCUT2D eigenvalue weighted by atomic mass is 10.2. The Kier molecular flexibility index (Phi) is 4.71. The van der Waals surface area contributed by atoms with E-state index in [0.717, 1.165) is 20.7 Å². The Bertz CT molecular complexity index is 664. The Morgan fingerprint density at radius 1 is 1.05 bits per heavy atom. The van der Waals surface area contributed by atoms with Crippen molar-refractivity contribution in [1.82, 2.24) is 0 Å². The average molecular weight is 357 g/mol. The van der Waals surface area contributed by atoms with Crippen LogP contribution in [-0.4, -0.2) is 14.7 Å². The summed E-state index contributed by atoms with van der Waals surface area (Å²) < 4.78 is 24.4. The highest BCUT2D eigenvalue weighted by molar-refractivity contribution is 9.10. The summed E-state index contributed by atoms with van der Waals surface area (Å²) in [5, 5.41) is 0. The fraction of sp³-hybridized carbons (Fsp3) is 0.143. The Morgan fingerprint density at radius 2 is 1.68 bits per heavy atom. The van der Waals surface area contributed by atoms with Gasteiger partial charge in [0.15, 0.2) is 9.84 Å². The molecule has 0 fully saturated rings. The summed E-state index contributed by atoms with van der Waals surface area (Å²) in [6.07, 6.45) is 1.24. The lowest BCUT2D eigenvalue weighted by Gasteiger charge is -2.07. The molecule has 0 spiro atoms. The van der Waals surface area contributed by atoms with Crippen LogP contribution in [0.3, 0.4) is 0 Å². The van der Waals surface area contributed by atoms with E-state index in [-0.39, 0.29) is 0 Å². The first kappa shape index (κ1) is 14.6. The van der Waals surface area contributed by atoms with Crippen LogP contribution in [0, 0.1) is 0 Å². The molecule has 0 N–H and O–H groups in total. The average Bonchev–Trinajstić information content (AvgIpc) is 2.37. The molecule has 0 unspecified atom stereocenters. The Balaban J connectivity index is 2.18. The molecule has 2 aromatic carbocycles. The third kappa shape index (κ3) is 4.09. The van der Waals surface area contributed by atoms with Crippen molar-refractivity contribution in [2.75, 3.05) is 6.26 Å². The first-order chi connectivity index (χ1) is 8.97. The molecular weight excluding hydrogens is 344 g/mol. The summed E-state index contributed by atoms with van der Waals surface area (Å²) in [6.45, 7) is 0. The van der Waals surface area contributed by atoms with Crippen molar-refractivity contribution in [3.8, 4) is 0 Å². The van der Waals surface area contributed by atoms with Gasteiger partial charge in [0.25, 0.3) is 0 Å². The number of hydrogen-bond donors (Lipinski definition) is 0. The van der Waals surface area contributed by atoms with E-state index < -0.39 is 9.84 Å². The molecule has 2 rings (SSSR count). The predicted octanol–water partition coefficient (Wildman–Crippen LogP) is 4.14. The van der Waals surface area contributed by atoms with Gasteiger partial charge in [-0.1, -0.05) is 40.2 Å². The van der Waals surface area contributed by atoms with Crippen LogP contribution in [0.15, 0.2) is 62.8 Å². The van der Waals surface area contributed by atoms with Gasteiger partial charge in [0.1, 0.15) is 0 Å². The van der Waals surface area contributed by atoms with Gasteiger partial charge in [0, 0.05) is 21.4 Å². The van der Waals surface area contributed by atoms with E-state index in [2.05, 4.69) is 15.9 Å². The van der Waals surface area contributed by atoms with Crippen molar-refractivity contribution in [2.24, 2.45) is 0 Å². The van der Waals surface area contributed by atoms with E-state index in [1.165, 1.54) is 18.0 Å². The molecule has 0 aliphatic heterocycles. The van der Waals surface area contributed by atoms with Gasteiger partial charge in [-0.25, -0.2) is 8.42 Å². The Labute approximate surface area is 126 Å². The molecule has 2 aromatic rings. The molecule has 0 radical (unpaired) electrons. The van der Waals surface area contributed by atoms with E-state index in [1.807, 2.05) is 36.4 Å². The maximum Gasteiger partial charge on any atom is 0.176 e. The van der Waals surface area contributed by atoms with E-state index in [0.29, 0.717) is 4.90 Å². The molecule has 0 aliphatic rings. The van der Waals surface area contributed by atoms with E-state index in [4.69, 9.17) is 0 Å². The van der Waals surface area contributed by atoms with Crippen LogP contribution in [0.2, 0.25) is 0 Å². The first-order valence-electron chi connectivity index (χ1n) is 5.63. The normalized spacial score (nSPS) is 11.5. The molecule has 0 aliphatic carbocycles. The smallest absolute Gasteiger partial charge is 0.176 e. The van der Waals surface area contributed by atoms with Gasteiger partial charge >= 0.3 is 0 Å². The van der Waals surface area contributed by atoms with Crippen molar-refractivity contribution in [2.45, 2.75) is 15.5 Å². The summed E-state index contributed by atoms with van der Waals surface area (Å²) in [7, 11) is -3.17. The molecule has 19 heavy (non-hydrogen) atoms.